The summed E-state index contributed by atoms with van der Waals surface area (Å²) in [5.74, 6) is 2.30. The summed E-state index contributed by atoms with van der Waals surface area (Å²) in [6.45, 7) is 1.91. The van der Waals surface area contributed by atoms with Crippen molar-refractivity contribution < 1.29 is 17.9 Å². The number of benzene rings is 2. The van der Waals surface area contributed by atoms with Gasteiger partial charge >= 0.3 is 6.36 Å². The van der Waals surface area contributed by atoms with E-state index in [9.17, 15) is 13.2 Å². The summed E-state index contributed by atoms with van der Waals surface area (Å²) in [6.07, 6.45) is -0.384. The minimum atomic E-state index is -4.71. The van der Waals surface area contributed by atoms with E-state index in [4.69, 9.17) is 0 Å². The summed E-state index contributed by atoms with van der Waals surface area (Å²) in [7, 11) is 1.86. The molecule has 0 saturated heterocycles. The summed E-state index contributed by atoms with van der Waals surface area (Å²) in [4.78, 5) is 9.23. The highest BCUT2D eigenvalue weighted by molar-refractivity contribution is 9.10. The van der Waals surface area contributed by atoms with Crippen molar-refractivity contribution in [1.82, 2.24) is 15.3 Å². The molecule has 0 radical (unpaired) electrons. The molecule has 3 aromatic rings. The van der Waals surface area contributed by atoms with Crippen LogP contribution in [0.1, 0.15) is 31.2 Å². The Morgan fingerprint density at radius 2 is 1.71 bits per heavy atom. The van der Waals surface area contributed by atoms with Crippen molar-refractivity contribution in [3.05, 3.63) is 52.5 Å². The number of alkyl halides is 3. The highest BCUT2D eigenvalue weighted by atomic mass is 79.9. The minimum Gasteiger partial charge on any atom is -0.405 e. The lowest BCUT2D eigenvalue weighted by atomic mass is 9.82. The minimum absolute atomic E-state index is 0.175. The largest absolute Gasteiger partial charge is 0.573 e. The maximum absolute atomic E-state index is 12.7. The Bertz CT molecular complexity index is 1140. The smallest absolute Gasteiger partial charge is 0.405 e. The van der Waals surface area contributed by atoms with Crippen molar-refractivity contribution in [3.8, 4) is 5.75 Å². The van der Waals surface area contributed by atoms with E-state index >= 15 is 0 Å². The molecule has 6 nitrogen and oxygen atoms in total. The van der Waals surface area contributed by atoms with Crippen LogP contribution >= 0.6 is 15.9 Å². The topological polar surface area (TPSA) is 71.1 Å². The van der Waals surface area contributed by atoms with Crippen LogP contribution in [0.15, 0.2) is 46.9 Å². The third-order valence-corrected chi connectivity index (χ3v) is 6.85. The standard InChI is InChI=1S/C25H29BrF3N5O/c1-30-23-20-4-2-3-5-21(20)33-24(34-23)32-14-17-8-6-16(7-9-17)13-31-15-18-10-11-19(26)12-22(18)35-25(27,28)29/h2-5,10-12,16-17,31H,6-9,13-15H2,1H3,(H2,30,32,33,34). The van der Waals surface area contributed by atoms with Crippen LogP contribution in [0.4, 0.5) is 24.9 Å². The van der Waals surface area contributed by atoms with Gasteiger partial charge in [0.2, 0.25) is 5.95 Å². The molecule has 0 spiro atoms. The molecule has 10 heteroatoms. The number of fused-ring (bicyclic) bond motifs is 1. The molecule has 1 heterocycles. The molecule has 0 aliphatic heterocycles. The van der Waals surface area contributed by atoms with Crippen LogP contribution in [-0.2, 0) is 6.54 Å². The number of hydrogen-bond donors (Lipinski definition) is 3. The number of para-hydroxylation sites is 1. The molecule has 1 aliphatic rings. The Labute approximate surface area is 211 Å². The average Bonchev–Trinajstić information content (AvgIpc) is 2.83. The third kappa shape index (κ3) is 7.20. The van der Waals surface area contributed by atoms with E-state index in [1.165, 1.54) is 6.07 Å². The first-order chi connectivity index (χ1) is 16.8. The summed E-state index contributed by atoms with van der Waals surface area (Å²) in [5, 5.41) is 10.8. The van der Waals surface area contributed by atoms with Crippen LogP contribution in [0.2, 0.25) is 0 Å². The summed E-state index contributed by atoms with van der Waals surface area (Å²) in [6, 6.07) is 12.6. The molecule has 188 valence electrons. The zero-order valence-corrected chi connectivity index (χ0v) is 21.0. The highest BCUT2D eigenvalue weighted by Gasteiger charge is 2.32. The first kappa shape index (κ1) is 25.5. The molecule has 0 unspecified atom stereocenters. The lowest BCUT2D eigenvalue weighted by molar-refractivity contribution is -0.274. The van der Waals surface area contributed by atoms with Gasteiger partial charge in [-0.3, -0.25) is 0 Å². The molecule has 0 amide bonds. The molecule has 4 rings (SSSR count). The van der Waals surface area contributed by atoms with Gasteiger partial charge in [-0.2, -0.15) is 4.98 Å². The molecule has 1 saturated carbocycles. The zero-order valence-electron chi connectivity index (χ0n) is 19.5. The first-order valence-electron chi connectivity index (χ1n) is 11.7. The van der Waals surface area contributed by atoms with Gasteiger partial charge in [0.25, 0.3) is 0 Å². The van der Waals surface area contributed by atoms with Crippen molar-refractivity contribution in [2.24, 2.45) is 11.8 Å². The van der Waals surface area contributed by atoms with Crippen molar-refractivity contribution in [1.29, 1.82) is 0 Å². The molecule has 1 aromatic heterocycles. The van der Waals surface area contributed by atoms with E-state index < -0.39 is 6.36 Å². The fraction of sp³-hybridized carbons (Fsp3) is 0.440. The molecule has 3 N–H and O–H groups in total. The van der Waals surface area contributed by atoms with Gasteiger partial charge in [0, 0.05) is 35.6 Å². The van der Waals surface area contributed by atoms with E-state index in [2.05, 4.69) is 46.6 Å². The van der Waals surface area contributed by atoms with Gasteiger partial charge in [0.1, 0.15) is 11.6 Å². The molecule has 1 fully saturated rings. The van der Waals surface area contributed by atoms with Crippen molar-refractivity contribution in [2.45, 2.75) is 38.6 Å². The molecule has 0 atom stereocenters. The Kier molecular flexibility index (Phi) is 8.33. The number of ether oxygens (including phenoxy) is 1. The van der Waals surface area contributed by atoms with Crippen molar-refractivity contribution in [2.75, 3.05) is 30.8 Å². The number of nitrogens with zero attached hydrogens (tertiary/aromatic N) is 2. The Morgan fingerprint density at radius 3 is 2.43 bits per heavy atom. The number of nitrogens with one attached hydrogen (secondary N) is 3. The van der Waals surface area contributed by atoms with E-state index in [1.807, 2.05) is 31.3 Å². The predicted octanol–water partition coefficient (Wildman–Crippen LogP) is 6.34. The number of anilines is 2. The van der Waals surface area contributed by atoms with E-state index in [0.717, 1.165) is 55.5 Å². The number of halogens is 4. The highest BCUT2D eigenvalue weighted by Crippen LogP contribution is 2.31. The van der Waals surface area contributed by atoms with Gasteiger partial charge in [0.15, 0.2) is 0 Å². The number of rotatable bonds is 9. The lowest BCUT2D eigenvalue weighted by Crippen LogP contribution is -2.28. The zero-order chi connectivity index (χ0) is 24.8. The van der Waals surface area contributed by atoms with Gasteiger partial charge in [-0.15, -0.1) is 13.2 Å². The maximum Gasteiger partial charge on any atom is 0.573 e. The monoisotopic (exact) mass is 551 g/mol. The molecule has 2 aromatic carbocycles. The lowest BCUT2D eigenvalue weighted by Gasteiger charge is -2.29. The van der Waals surface area contributed by atoms with E-state index in [1.54, 1.807) is 12.1 Å². The van der Waals surface area contributed by atoms with E-state index in [0.29, 0.717) is 34.4 Å². The van der Waals surface area contributed by atoms with Crippen LogP contribution in [0.3, 0.4) is 0 Å². The molecular formula is C25H29BrF3N5O. The summed E-state index contributed by atoms with van der Waals surface area (Å²) in [5.41, 5.74) is 1.39. The predicted molar refractivity (Wildman–Crippen MR) is 136 cm³/mol. The Morgan fingerprint density at radius 1 is 1.00 bits per heavy atom. The van der Waals surface area contributed by atoms with Gasteiger partial charge in [-0.05, 0) is 68.3 Å². The summed E-state index contributed by atoms with van der Waals surface area (Å²) < 4.78 is 42.8. The Balaban J connectivity index is 1.23. The second kappa shape index (κ2) is 11.4. The Hall–Kier alpha value is -2.59. The van der Waals surface area contributed by atoms with Crippen LogP contribution in [-0.4, -0.2) is 36.5 Å². The van der Waals surface area contributed by atoms with Gasteiger partial charge in [-0.1, -0.05) is 34.1 Å². The molecule has 35 heavy (non-hydrogen) atoms. The first-order valence-corrected chi connectivity index (χ1v) is 12.5. The van der Waals surface area contributed by atoms with Crippen LogP contribution < -0.4 is 20.7 Å². The van der Waals surface area contributed by atoms with Gasteiger partial charge < -0.3 is 20.7 Å². The summed E-state index contributed by atoms with van der Waals surface area (Å²) >= 11 is 3.20. The number of hydrogen-bond acceptors (Lipinski definition) is 6. The fourth-order valence-corrected chi connectivity index (χ4v) is 4.87. The van der Waals surface area contributed by atoms with E-state index in [-0.39, 0.29) is 5.75 Å². The van der Waals surface area contributed by atoms with Crippen LogP contribution in [0, 0.1) is 11.8 Å². The van der Waals surface area contributed by atoms with Crippen molar-refractivity contribution >= 4 is 38.6 Å². The molecule has 1 aliphatic carbocycles. The number of aromatic nitrogens is 2. The van der Waals surface area contributed by atoms with Crippen LogP contribution in [0.5, 0.6) is 5.75 Å². The molecule has 0 bridgehead atoms. The maximum atomic E-state index is 12.7. The van der Waals surface area contributed by atoms with Gasteiger partial charge in [-0.25, -0.2) is 4.98 Å². The van der Waals surface area contributed by atoms with Gasteiger partial charge in [0.05, 0.1) is 5.52 Å². The fourth-order valence-electron chi connectivity index (χ4n) is 4.53. The average molecular weight is 552 g/mol. The second-order valence-corrected chi connectivity index (χ2v) is 9.78. The van der Waals surface area contributed by atoms with Crippen LogP contribution in [0.25, 0.3) is 10.9 Å². The van der Waals surface area contributed by atoms with Crippen molar-refractivity contribution in [3.63, 3.8) is 0 Å². The quantitative estimate of drug-likeness (QED) is 0.288. The second-order valence-electron chi connectivity index (χ2n) is 8.86. The third-order valence-electron chi connectivity index (χ3n) is 6.36. The normalized spacial score (nSPS) is 18.4. The molecular weight excluding hydrogens is 523 g/mol. The SMILES string of the molecule is CNc1nc(NCC2CCC(CNCc3ccc(Br)cc3OC(F)(F)F)CC2)nc2ccccc12.